The molecule has 0 saturated heterocycles. The fourth-order valence-corrected chi connectivity index (χ4v) is 3.66. The minimum Gasteiger partial charge on any atom is -0.496 e. The number of carbonyl (C=O) groups is 3. The summed E-state index contributed by atoms with van der Waals surface area (Å²) < 4.78 is 17.7. The number of nitrogens with zero attached hydrogens (tertiary/aromatic N) is 1. The second-order valence-electron chi connectivity index (χ2n) is 7.51. The van der Waals surface area contributed by atoms with Gasteiger partial charge in [-0.05, 0) is 63.2 Å². The van der Waals surface area contributed by atoms with Crippen LogP contribution in [0.4, 0.5) is 0 Å². The molecule has 0 saturated carbocycles. The highest BCUT2D eigenvalue weighted by atomic mass is 16.5. The number of nitrogens with one attached hydrogen (secondary N) is 1. The first-order valence-corrected chi connectivity index (χ1v) is 10.9. The fourth-order valence-electron chi connectivity index (χ4n) is 3.66. The number of ketones is 1. The molecule has 0 fully saturated rings. The predicted molar refractivity (Wildman–Crippen MR) is 127 cm³/mol. The summed E-state index contributed by atoms with van der Waals surface area (Å²) in [4.78, 5) is 37.1. The largest absolute Gasteiger partial charge is 0.496 e. The molecule has 1 N–H and O–H groups in total. The predicted octanol–water partition coefficient (Wildman–Crippen LogP) is 3.66. The zero-order valence-corrected chi connectivity index (χ0v) is 19.7. The third kappa shape index (κ3) is 5.64. The lowest BCUT2D eigenvalue weighted by atomic mass is 10.1. The maximum atomic E-state index is 12.7. The van der Waals surface area contributed by atoms with Gasteiger partial charge in [-0.1, -0.05) is 12.1 Å². The molecule has 1 aromatic heterocycles. The Balaban J connectivity index is 1.59. The van der Waals surface area contributed by atoms with Gasteiger partial charge in [-0.25, -0.2) is 0 Å². The Morgan fingerprint density at radius 2 is 1.68 bits per heavy atom. The molecule has 2 aromatic carbocycles. The van der Waals surface area contributed by atoms with Gasteiger partial charge in [0.1, 0.15) is 18.0 Å². The van der Waals surface area contributed by atoms with Crippen LogP contribution in [0.5, 0.6) is 11.5 Å². The van der Waals surface area contributed by atoms with Crippen LogP contribution in [0.1, 0.15) is 39.0 Å². The summed E-state index contributed by atoms with van der Waals surface area (Å²) in [5.41, 5.74) is 3.29. The van der Waals surface area contributed by atoms with Gasteiger partial charge in [-0.15, -0.1) is 0 Å². The lowest BCUT2D eigenvalue weighted by Gasteiger charge is -2.11. The molecule has 3 aromatic rings. The average molecular weight is 465 g/mol. The lowest BCUT2D eigenvalue weighted by molar-refractivity contribution is -0.141. The Kier molecular flexibility index (Phi) is 8.08. The molecule has 8 heteroatoms. The van der Waals surface area contributed by atoms with E-state index in [2.05, 4.69) is 5.32 Å². The third-order valence-electron chi connectivity index (χ3n) is 5.25. The Bertz CT molecular complexity index is 1180. The summed E-state index contributed by atoms with van der Waals surface area (Å²) in [6.45, 7) is 5.47. The van der Waals surface area contributed by atoms with Gasteiger partial charge in [-0.2, -0.15) is 0 Å². The molecule has 3 rings (SSSR count). The number of aromatic nitrogens is 1. The van der Waals surface area contributed by atoms with Gasteiger partial charge in [0.15, 0.2) is 6.61 Å². The normalized spacial score (nSPS) is 10.5. The highest BCUT2D eigenvalue weighted by Crippen LogP contribution is 2.23. The first-order chi connectivity index (χ1) is 16.3. The number of Topliss-reactive ketones (excluding diaryl/α,β-unsaturated/α-hetero) is 1. The van der Waals surface area contributed by atoms with E-state index in [4.69, 9.17) is 14.2 Å². The molecule has 1 heterocycles. The number of esters is 1. The van der Waals surface area contributed by atoms with Crippen LogP contribution >= 0.6 is 0 Å². The SMILES string of the molecule is CCOc1ccc(-n2c(C)cc(C(=O)COC(=O)CNC(=O)c3ccccc3OC)c2C)cc1. The first kappa shape index (κ1) is 24.6. The van der Waals surface area contributed by atoms with E-state index in [0.29, 0.717) is 23.5 Å². The van der Waals surface area contributed by atoms with Crippen molar-refractivity contribution in [2.75, 3.05) is 26.9 Å². The van der Waals surface area contributed by atoms with Crippen molar-refractivity contribution in [1.82, 2.24) is 9.88 Å². The number of para-hydroxylation sites is 1. The van der Waals surface area contributed by atoms with Crippen LogP contribution in [0.15, 0.2) is 54.6 Å². The van der Waals surface area contributed by atoms with Crippen LogP contribution in [0.25, 0.3) is 5.69 Å². The molecule has 8 nitrogen and oxygen atoms in total. The molecule has 0 bridgehead atoms. The van der Waals surface area contributed by atoms with Gasteiger partial charge in [0.25, 0.3) is 5.91 Å². The van der Waals surface area contributed by atoms with Crippen LogP contribution in [0.3, 0.4) is 0 Å². The van der Waals surface area contributed by atoms with Crippen molar-refractivity contribution in [3.05, 3.63) is 77.1 Å². The van der Waals surface area contributed by atoms with Crippen LogP contribution in [-0.2, 0) is 9.53 Å². The molecule has 1 amide bonds. The summed E-state index contributed by atoms with van der Waals surface area (Å²) in [5.74, 6) is -0.340. The van der Waals surface area contributed by atoms with Crippen LogP contribution in [0.2, 0.25) is 0 Å². The molecule has 34 heavy (non-hydrogen) atoms. The smallest absolute Gasteiger partial charge is 0.325 e. The number of carbonyl (C=O) groups excluding carboxylic acids is 3. The molecule has 0 aliphatic heterocycles. The van der Waals surface area contributed by atoms with E-state index in [1.807, 2.05) is 49.6 Å². The highest BCUT2D eigenvalue weighted by molar-refractivity contribution is 6.00. The van der Waals surface area contributed by atoms with Crippen molar-refractivity contribution in [2.45, 2.75) is 20.8 Å². The van der Waals surface area contributed by atoms with Crippen LogP contribution < -0.4 is 14.8 Å². The summed E-state index contributed by atoms with van der Waals surface area (Å²) in [5, 5.41) is 2.48. The van der Waals surface area contributed by atoms with Crippen molar-refractivity contribution < 1.29 is 28.6 Å². The Labute approximate surface area is 198 Å². The highest BCUT2D eigenvalue weighted by Gasteiger charge is 2.19. The van der Waals surface area contributed by atoms with E-state index in [1.165, 1.54) is 7.11 Å². The molecule has 0 radical (unpaired) electrons. The van der Waals surface area contributed by atoms with Gasteiger partial charge in [0, 0.05) is 22.6 Å². The molecule has 0 unspecified atom stereocenters. The number of aryl methyl sites for hydroxylation is 1. The van der Waals surface area contributed by atoms with E-state index in [1.54, 1.807) is 30.3 Å². The second-order valence-corrected chi connectivity index (χ2v) is 7.51. The van der Waals surface area contributed by atoms with E-state index >= 15 is 0 Å². The number of rotatable bonds is 10. The Hall–Kier alpha value is -4.07. The average Bonchev–Trinajstić information content (AvgIpc) is 3.15. The van der Waals surface area contributed by atoms with Crippen molar-refractivity contribution in [2.24, 2.45) is 0 Å². The van der Waals surface area contributed by atoms with Crippen LogP contribution in [-0.4, -0.2) is 49.1 Å². The zero-order chi connectivity index (χ0) is 24.7. The topological polar surface area (TPSA) is 95.9 Å². The van der Waals surface area contributed by atoms with Gasteiger partial charge in [-0.3, -0.25) is 14.4 Å². The monoisotopic (exact) mass is 464 g/mol. The first-order valence-electron chi connectivity index (χ1n) is 10.9. The van der Waals surface area contributed by atoms with Crippen LogP contribution in [0, 0.1) is 13.8 Å². The lowest BCUT2D eigenvalue weighted by Crippen LogP contribution is -2.31. The zero-order valence-electron chi connectivity index (χ0n) is 19.7. The second kappa shape index (κ2) is 11.2. The summed E-state index contributed by atoms with van der Waals surface area (Å²) in [6.07, 6.45) is 0. The van der Waals surface area contributed by atoms with Crippen molar-refractivity contribution >= 4 is 17.7 Å². The summed E-state index contributed by atoms with van der Waals surface area (Å²) in [6, 6.07) is 16.0. The Morgan fingerprint density at radius 1 is 0.971 bits per heavy atom. The standard InChI is InChI=1S/C26H28N2O6/c1-5-33-20-12-10-19(11-13-20)28-17(2)14-22(18(28)3)23(29)16-34-25(30)15-27-26(31)21-8-6-7-9-24(21)32-4/h6-14H,5,15-16H2,1-4H3,(H,27,31). The number of benzene rings is 2. The minimum absolute atomic E-state index is 0.301. The number of hydrogen-bond acceptors (Lipinski definition) is 6. The van der Waals surface area contributed by atoms with Gasteiger partial charge >= 0.3 is 5.97 Å². The van der Waals surface area contributed by atoms with Crippen molar-refractivity contribution in [1.29, 1.82) is 0 Å². The van der Waals surface area contributed by atoms with Crippen molar-refractivity contribution in [3.63, 3.8) is 0 Å². The molecule has 0 spiro atoms. The number of amides is 1. The van der Waals surface area contributed by atoms with Gasteiger partial charge < -0.3 is 24.1 Å². The fraction of sp³-hybridized carbons (Fsp3) is 0.269. The maximum Gasteiger partial charge on any atom is 0.325 e. The molecule has 0 aliphatic carbocycles. The van der Waals surface area contributed by atoms with E-state index < -0.39 is 18.5 Å². The quantitative estimate of drug-likeness (QED) is 0.363. The van der Waals surface area contributed by atoms with Gasteiger partial charge in [0.05, 0.1) is 19.3 Å². The van der Waals surface area contributed by atoms with Gasteiger partial charge in [0.2, 0.25) is 5.78 Å². The van der Waals surface area contributed by atoms with Crippen molar-refractivity contribution in [3.8, 4) is 17.2 Å². The number of methoxy groups -OCH3 is 1. The number of ether oxygens (including phenoxy) is 3. The third-order valence-corrected chi connectivity index (χ3v) is 5.25. The number of hydrogen-bond donors (Lipinski definition) is 1. The molecule has 178 valence electrons. The minimum atomic E-state index is -0.711. The molecular weight excluding hydrogens is 436 g/mol. The molecule has 0 atom stereocenters. The maximum absolute atomic E-state index is 12.7. The summed E-state index contributed by atoms with van der Waals surface area (Å²) >= 11 is 0. The Morgan fingerprint density at radius 3 is 2.35 bits per heavy atom. The van der Waals surface area contributed by atoms with E-state index in [9.17, 15) is 14.4 Å². The van der Waals surface area contributed by atoms with E-state index in [-0.39, 0.29) is 12.3 Å². The molecule has 0 aliphatic rings. The van der Waals surface area contributed by atoms with E-state index in [0.717, 1.165) is 22.8 Å². The molecular formula is C26H28N2O6. The summed E-state index contributed by atoms with van der Waals surface area (Å²) in [7, 11) is 1.46.